The highest BCUT2D eigenvalue weighted by molar-refractivity contribution is 5.89. The Morgan fingerprint density at radius 3 is 2.43 bits per heavy atom. The van der Waals surface area contributed by atoms with Crippen molar-refractivity contribution in [3.63, 3.8) is 0 Å². The number of carbonyl (C=O) groups is 2. The molecule has 0 heterocycles. The van der Waals surface area contributed by atoms with Gasteiger partial charge in [0.15, 0.2) is 11.6 Å². The molecule has 1 saturated carbocycles. The lowest BCUT2D eigenvalue weighted by atomic mass is 9.86. The predicted molar refractivity (Wildman–Crippen MR) is 71.9 cm³/mol. The van der Waals surface area contributed by atoms with Crippen molar-refractivity contribution in [2.24, 2.45) is 5.41 Å². The lowest BCUT2D eigenvalue weighted by Gasteiger charge is -2.24. The average Bonchev–Trinajstić information content (AvgIpc) is 2.91. The van der Waals surface area contributed by atoms with Gasteiger partial charge in [0.05, 0.1) is 5.41 Å². The van der Waals surface area contributed by atoms with Crippen LogP contribution in [0.3, 0.4) is 0 Å². The van der Waals surface area contributed by atoms with Crippen molar-refractivity contribution in [1.29, 1.82) is 0 Å². The third-order valence-electron chi connectivity index (χ3n) is 3.78. The number of benzene rings is 1. The highest BCUT2D eigenvalue weighted by atomic mass is 19.2. The van der Waals surface area contributed by atoms with Crippen molar-refractivity contribution >= 4 is 17.7 Å². The zero-order valence-electron chi connectivity index (χ0n) is 11.3. The molecule has 114 valence electrons. The van der Waals surface area contributed by atoms with E-state index in [9.17, 15) is 23.5 Å². The Morgan fingerprint density at radius 1 is 1.19 bits per heavy atom. The Kier molecular flexibility index (Phi) is 4.40. The molecule has 0 bridgehead atoms. The molecule has 2 rings (SSSR count). The summed E-state index contributed by atoms with van der Waals surface area (Å²) >= 11 is 0. The largest absolute Gasteiger partial charge is 0.481 e. The summed E-state index contributed by atoms with van der Waals surface area (Å²) in [7, 11) is 0. The van der Waals surface area contributed by atoms with E-state index in [0.717, 1.165) is 25.0 Å². The van der Waals surface area contributed by atoms with Crippen LogP contribution in [0, 0.1) is 17.0 Å². The minimum absolute atomic E-state index is 0.0117. The Morgan fingerprint density at radius 2 is 1.86 bits per heavy atom. The van der Waals surface area contributed by atoms with E-state index >= 15 is 0 Å². The lowest BCUT2D eigenvalue weighted by Crippen LogP contribution is -2.42. The number of urea groups is 1. The van der Waals surface area contributed by atoms with E-state index in [1.165, 1.54) is 6.07 Å². The number of carboxylic acids is 1. The molecule has 1 fully saturated rings. The molecule has 21 heavy (non-hydrogen) atoms. The van der Waals surface area contributed by atoms with Crippen molar-refractivity contribution < 1.29 is 23.5 Å². The van der Waals surface area contributed by atoms with E-state index in [1.807, 2.05) is 0 Å². The van der Waals surface area contributed by atoms with Gasteiger partial charge in [-0.3, -0.25) is 4.79 Å². The van der Waals surface area contributed by atoms with Gasteiger partial charge in [-0.25, -0.2) is 13.6 Å². The number of anilines is 1. The summed E-state index contributed by atoms with van der Waals surface area (Å²) in [6, 6.07) is 2.34. The first kappa shape index (κ1) is 15.2. The first-order chi connectivity index (χ1) is 9.93. The summed E-state index contributed by atoms with van der Waals surface area (Å²) in [5.41, 5.74) is -0.826. The van der Waals surface area contributed by atoms with Crippen LogP contribution in [-0.4, -0.2) is 23.7 Å². The molecule has 1 aliphatic rings. The Hall–Kier alpha value is -2.18. The number of hydrogen-bond donors (Lipinski definition) is 3. The fourth-order valence-corrected chi connectivity index (χ4v) is 2.52. The van der Waals surface area contributed by atoms with Gasteiger partial charge in [-0.15, -0.1) is 0 Å². The van der Waals surface area contributed by atoms with Gasteiger partial charge in [-0.1, -0.05) is 12.8 Å². The summed E-state index contributed by atoms with van der Waals surface area (Å²) in [5, 5.41) is 14.1. The maximum absolute atomic E-state index is 13.0. The Balaban J connectivity index is 1.92. The molecule has 0 radical (unpaired) electrons. The standard InChI is InChI=1S/C14H16F2N2O3/c15-10-4-3-9(7-11(10)16)18-13(21)17-8-14(12(19)20)5-1-2-6-14/h3-4,7H,1-2,5-6,8H2,(H,19,20)(H2,17,18,21). The van der Waals surface area contributed by atoms with E-state index in [2.05, 4.69) is 10.6 Å². The molecule has 7 heteroatoms. The number of hydrogen-bond acceptors (Lipinski definition) is 2. The van der Waals surface area contributed by atoms with Crippen LogP contribution in [0.4, 0.5) is 19.3 Å². The smallest absolute Gasteiger partial charge is 0.319 e. The molecular weight excluding hydrogens is 282 g/mol. The average molecular weight is 298 g/mol. The molecular formula is C14H16F2N2O3. The molecule has 1 aromatic rings. The summed E-state index contributed by atoms with van der Waals surface area (Å²) in [5.74, 6) is -2.99. The second kappa shape index (κ2) is 6.07. The zero-order chi connectivity index (χ0) is 15.5. The number of amides is 2. The quantitative estimate of drug-likeness (QED) is 0.799. The molecule has 3 N–H and O–H groups in total. The predicted octanol–water partition coefficient (Wildman–Crippen LogP) is 2.73. The van der Waals surface area contributed by atoms with E-state index in [1.54, 1.807) is 0 Å². The fraction of sp³-hybridized carbons (Fsp3) is 0.429. The topological polar surface area (TPSA) is 78.4 Å². The van der Waals surface area contributed by atoms with Crippen LogP contribution in [0.15, 0.2) is 18.2 Å². The minimum atomic E-state index is -1.06. The molecule has 0 aliphatic heterocycles. The summed E-state index contributed by atoms with van der Waals surface area (Å²) < 4.78 is 25.8. The lowest BCUT2D eigenvalue weighted by molar-refractivity contribution is -0.148. The molecule has 5 nitrogen and oxygen atoms in total. The Labute approximate surface area is 120 Å². The maximum atomic E-state index is 13.0. The van der Waals surface area contributed by atoms with Gasteiger partial charge in [0.2, 0.25) is 0 Å². The number of halogens is 2. The van der Waals surface area contributed by atoms with Crippen molar-refractivity contribution in [3.05, 3.63) is 29.8 Å². The van der Waals surface area contributed by atoms with E-state index in [4.69, 9.17) is 0 Å². The van der Waals surface area contributed by atoms with Gasteiger partial charge < -0.3 is 15.7 Å². The first-order valence-electron chi connectivity index (χ1n) is 6.66. The van der Waals surface area contributed by atoms with Crippen LogP contribution in [0.25, 0.3) is 0 Å². The number of carboxylic acid groups (broad SMARTS) is 1. The summed E-state index contributed by atoms with van der Waals surface area (Å²) in [4.78, 5) is 23.0. The number of nitrogens with one attached hydrogen (secondary N) is 2. The Bertz CT molecular complexity index is 557. The molecule has 0 aromatic heterocycles. The van der Waals surface area contributed by atoms with E-state index in [0.29, 0.717) is 12.8 Å². The van der Waals surface area contributed by atoms with E-state index < -0.39 is 29.0 Å². The molecule has 0 saturated heterocycles. The molecule has 0 spiro atoms. The van der Waals surface area contributed by atoms with Crippen LogP contribution < -0.4 is 10.6 Å². The van der Waals surface area contributed by atoms with Gasteiger partial charge in [0.25, 0.3) is 0 Å². The van der Waals surface area contributed by atoms with Crippen molar-refractivity contribution in [3.8, 4) is 0 Å². The third kappa shape index (κ3) is 3.48. The molecule has 1 aliphatic carbocycles. The minimum Gasteiger partial charge on any atom is -0.481 e. The van der Waals surface area contributed by atoms with Crippen LogP contribution in [0.1, 0.15) is 25.7 Å². The molecule has 0 unspecified atom stereocenters. The van der Waals surface area contributed by atoms with Gasteiger partial charge in [-0.05, 0) is 25.0 Å². The van der Waals surface area contributed by atoms with Gasteiger partial charge in [0, 0.05) is 18.3 Å². The van der Waals surface area contributed by atoms with E-state index in [-0.39, 0.29) is 12.2 Å². The van der Waals surface area contributed by atoms with Gasteiger partial charge in [0.1, 0.15) is 0 Å². The summed E-state index contributed by atoms with van der Waals surface area (Å²) in [6.45, 7) is 0.0117. The number of carbonyl (C=O) groups excluding carboxylic acids is 1. The van der Waals surface area contributed by atoms with Crippen molar-refractivity contribution in [2.45, 2.75) is 25.7 Å². The van der Waals surface area contributed by atoms with Crippen LogP contribution >= 0.6 is 0 Å². The van der Waals surface area contributed by atoms with Crippen molar-refractivity contribution in [1.82, 2.24) is 5.32 Å². The number of rotatable bonds is 4. The maximum Gasteiger partial charge on any atom is 0.319 e. The fourth-order valence-electron chi connectivity index (χ4n) is 2.52. The van der Waals surface area contributed by atoms with Gasteiger partial charge >= 0.3 is 12.0 Å². The highest BCUT2D eigenvalue weighted by Crippen LogP contribution is 2.37. The molecule has 2 amide bonds. The molecule has 0 atom stereocenters. The second-order valence-electron chi connectivity index (χ2n) is 5.23. The van der Waals surface area contributed by atoms with Crippen molar-refractivity contribution in [2.75, 3.05) is 11.9 Å². The summed E-state index contributed by atoms with van der Waals surface area (Å²) in [6.07, 6.45) is 2.68. The SMILES string of the molecule is O=C(NCC1(C(=O)O)CCCC1)Nc1ccc(F)c(F)c1. The molecule has 1 aromatic carbocycles. The number of aliphatic carboxylic acids is 1. The van der Waals surface area contributed by atoms with Crippen LogP contribution in [0.5, 0.6) is 0 Å². The van der Waals surface area contributed by atoms with Crippen LogP contribution in [-0.2, 0) is 4.79 Å². The normalized spacial score (nSPS) is 16.5. The van der Waals surface area contributed by atoms with Gasteiger partial charge in [-0.2, -0.15) is 0 Å². The zero-order valence-corrected chi connectivity index (χ0v) is 11.3. The monoisotopic (exact) mass is 298 g/mol. The van der Waals surface area contributed by atoms with Crippen LogP contribution in [0.2, 0.25) is 0 Å². The third-order valence-corrected chi connectivity index (χ3v) is 3.78. The second-order valence-corrected chi connectivity index (χ2v) is 5.23. The first-order valence-corrected chi connectivity index (χ1v) is 6.66. The highest BCUT2D eigenvalue weighted by Gasteiger charge is 2.41.